The summed E-state index contributed by atoms with van der Waals surface area (Å²) in [5.41, 5.74) is 2.78. The molecule has 2 unspecified atom stereocenters. The lowest BCUT2D eigenvalue weighted by atomic mass is 10.1. The van der Waals surface area contributed by atoms with Crippen molar-refractivity contribution in [3.05, 3.63) is 58.4 Å². The number of hydrogen-bond donors (Lipinski definition) is 0. The van der Waals surface area contributed by atoms with Crippen LogP contribution in [-0.2, 0) is 9.84 Å². The van der Waals surface area contributed by atoms with Gasteiger partial charge in [0.25, 0.3) is 0 Å². The van der Waals surface area contributed by atoms with Crippen LogP contribution in [0, 0.1) is 25.5 Å². The fraction of sp³-hybridized carbons (Fsp3) is 0.476. The van der Waals surface area contributed by atoms with Gasteiger partial charge >= 0.3 is 0 Å². The van der Waals surface area contributed by atoms with Crippen LogP contribution < -0.4 is 0 Å². The van der Waals surface area contributed by atoms with Gasteiger partial charge in [-0.2, -0.15) is 0 Å². The highest BCUT2D eigenvalue weighted by Crippen LogP contribution is 2.29. The molecule has 5 nitrogen and oxygen atoms in total. The molecule has 0 amide bonds. The Bertz CT molecular complexity index is 1050. The summed E-state index contributed by atoms with van der Waals surface area (Å²) in [7, 11) is -1.27. The van der Waals surface area contributed by atoms with Gasteiger partial charge in [-0.15, -0.1) is 0 Å². The maximum Gasteiger partial charge on any atom is 0.178 e. The molecule has 8 heteroatoms. The van der Waals surface area contributed by atoms with Crippen LogP contribution in [0.15, 0.2) is 24.3 Å². The van der Waals surface area contributed by atoms with Crippen molar-refractivity contribution < 1.29 is 22.0 Å². The Kier molecular flexibility index (Phi) is 5.96. The molecule has 0 spiro atoms. The first-order valence-corrected chi connectivity index (χ1v) is 11.4. The van der Waals surface area contributed by atoms with Gasteiger partial charge in [-0.05, 0) is 58.0 Å². The second-order valence-corrected chi connectivity index (χ2v) is 10.1. The third-order valence-corrected chi connectivity index (χ3v) is 7.59. The number of hydrogen-bond acceptors (Lipinski definition) is 4. The molecule has 0 saturated carbocycles. The Morgan fingerprint density at radius 1 is 1.24 bits per heavy atom. The summed E-state index contributed by atoms with van der Waals surface area (Å²) in [6.07, 6.45) is 0.555. The number of aromatic nitrogens is 1. The molecule has 2 aromatic rings. The van der Waals surface area contributed by atoms with E-state index in [1.807, 2.05) is 25.3 Å². The highest BCUT2D eigenvalue weighted by atomic mass is 32.2. The van der Waals surface area contributed by atoms with E-state index in [0.29, 0.717) is 17.5 Å². The zero-order valence-corrected chi connectivity index (χ0v) is 17.9. The van der Waals surface area contributed by atoms with Gasteiger partial charge < -0.3 is 4.57 Å². The summed E-state index contributed by atoms with van der Waals surface area (Å²) in [6.45, 7) is 5.65. The quantitative estimate of drug-likeness (QED) is 0.665. The number of ketones is 1. The van der Waals surface area contributed by atoms with Crippen LogP contribution in [0.5, 0.6) is 0 Å². The first-order chi connectivity index (χ1) is 13.5. The number of carbonyl (C=O) groups excluding carboxylic acids is 1. The van der Waals surface area contributed by atoms with Crippen molar-refractivity contribution in [2.24, 2.45) is 0 Å². The Morgan fingerprint density at radius 3 is 2.52 bits per heavy atom. The molecule has 2 atom stereocenters. The number of benzene rings is 1. The molecule has 1 aromatic heterocycles. The van der Waals surface area contributed by atoms with Crippen LogP contribution in [0.4, 0.5) is 8.78 Å². The fourth-order valence-electron chi connectivity index (χ4n) is 4.08. The minimum absolute atomic E-state index is 0.0952. The van der Waals surface area contributed by atoms with E-state index in [4.69, 9.17) is 0 Å². The Balaban J connectivity index is 1.77. The number of aryl methyl sites for hydroxylation is 1. The van der Waals surface area contributed by atoms with Gasteiger partial charge in [0.2, 0.25) is 0 Å². The molecule has 158 valence electrons. The second kappa shape index (κ2) is 7.99. The number of rotatable bonds is 6. The van der Waals surface area contributed by atoms with Crippen LogP contribution in [0.1, 0.15) is 52.7 Å². The monoisotopic (exact) mass is 424 g/mol. The van der Waals surface area contributed by atoms with Gasteiger partial charge in [0.1, 0.15) is 0 Å². The summed E-state index contributed by atoms with van der Waals surface area (Å²) in [6, 6.07) is 5.13. The smallest absolute Gasteiger partial charge is 0.178 e. The van der Waals surface area contributed by atoms with E-state index in [0.717, 1.165) is 23.5 Å². The molecule has 0 aliphatic carbocycles. The molecule has 0 N–H and O–H groups in total. The average molecular weight is 425 g/mol. The normalized spacial score (nSPS) is 19.6. The van der Waals surface area contributed by atoms with E-state index in [1.165, 1.54) is 6.07 Å². The van der Waals surface area contributed by atoms with E-state index in [2.05, 4.69) is 0 Å². The zero-order chi connectivity index (χ0) is 21.5. The molecular formula is C21H26F2N2O3S. The number of nitrogens with zero attached hydrogens (tertiary/aromatic N) is 2. The molecule has 3 rings (SSSR count). The molecule has 1 aliphatic rings. The summed E-state index contributed by atoms with van der Waals surface area (Å²) in [4.78, 5) is 14.7. The van der Waals surface area contributed by atoms with Gasteiger partial charge in [0.15, 0.2) is 27.3 Å². The van der Waals surface area contributed by atoms with Crippen molar-refractivity contribution in [1.82, 2.24) is 9.47 Å². The first kappa shape index (κ1) is 21.6. The molecule has 0 radical (unpaired) electrons. The summed E-state index contributed by atoms with van der Waals surface area (Å²) in [5, 5.41) is 0. The van der Waals surface area contributed by atoms with E-state index in [1.54, 1.807) is 18.0 Å². The lowest BCUT2D eigenvalue weighted by Crippen LogP contribution is -2.29. The van der Waals surface area contributed by atoms with Crippen LogP contribution in [0.25, 0.3) is 0 Å². The van der Waals surface area contributed by atoms with Gasteiger partial charge in [-0.1, -0.05) is 6.07 Å². The predicted molar refractivity (Wildman–Crippen MR) is 108 cm³/mol. The number of likely N-dealkylation sites (N-methyl/N-ethyl adjacent to an activating group) is 1. The lowest BCUT2D eigenvalue weighted by molar-refractivity contribution is 0.0924. The van der Waals surface area contributed by atoms with E-state index in [-0.39, 0.29) is 35.9 Å². The molecular weight excluding hydrogens is 398 g/mol. The molecule has 1 fully saturated rings. The zero-order valence-electron chi connectivity index (χ0n) is 17.1. The Morgan fingerprint density at radius 2 is 1.93 bits per heavy atom. The molecule has 1 saturated heterocycles. The summed E-state index contributed by atoms with van der Waals surface area (Å²) >= 11 is 0. The minimum Gasteiger partial charge on any atom is -0.344 e. The number of carbonyl (C=O) groups is 1. The van der Waals surface area contributed by atoms with E-state index in [9.17, 15) is 22.0 Å². The highest BCUT2D eigenvalue weighted by molar-refractivity contribution is 7.91. The number of Topliss-reactive ketones (excluding diaryl/α,β-unsaturated/α-hetero) is 1. The second-order valence-electron chi connectivity index (χ2n) is 7.90. The van der Waals surface area contributed by atoms with Crippen molar-refractivity contribution in [3.63, 3.8) is 0 Å². The van der Waals surface area contributed by atoms with Gasteiger partial charge in [0, 0.05) is 29.0 Å². The fourth-order valence-corrected chi connectivity index (χ4v) is 5.78. The van der Waals surface area contributed by atoms with Crippen LogP contribution in [-0.4, -0.2) is 48.8 Å². The largest absolute Gasteiger partial charge is 0.344 e. The van der Waals surface area contributed by atoms with E-state index >= 15 is 0 Å². The molecule has 29 heavy (non-hydrogen) atoms. The van der Waals surface area contributed by atoms with E-state index < -0.39 is 21.5 Å². The number of sulfone groups is 1. The maximum atomic E-state index is 13.5. The minimum atomic E-state index is -3.03. The molecule has 1 aromatic carbocycles. The van der Waals surface area contributed by atoms with Crippen molar-refractivity contribution in [2.75, 3.05) is 25.1 Å². The third-order valence-electron chi connectivity index (χ3n) is 5.84. The van der Waals surface area contributed by atoms with Crippen LogP contribution >= 0.6 is 0 Å². The first-order valence-electron chi connectivity index (χ1n) is 9.57. The van der Waals surface area contributed by atoms with Crippen molar-refractivity contribution in [1.29, 1.82) is 0 Å². The summed E-state index contributed by atoms with van der Waals surface area (Å²) < 4.78 is 52.3. The number of halogens is 2. The van der Waals surface area contributed by atoms with Crippen LogP contribution in [0.2, 0.25) is 0 Å². The van der Waals surface area contributed by atoms with Crippen molar-refractivity contribution in [2.45, 2.75) is 39.3 Å². The maximum absolute atomic E-state index is 13.5. The third kappa shape index (κ3) is 4.43. The molecule has 1 aliphatic heterocycles. The van der Waals surface area contributed by atoms with Crippen LogP contribution in [0.3, 0.4) is 0 Å². The highest BCUT2D eigenvalue weighted by Gasteiger charge is 2.32. The standard InChI is InChI=1S/C21H26F2N2O3S/c1-13-9-18(15(3)25(13)17-7-8-29(27,28)12-17)21(26)11-24(4)14(2)16-5-6-19(22)20(23)10-16/h5-6,9-10,14,17H,7-8,11-12H2,1-4H3. The van der Waals surface area contributed by atoms with Gasteiger partial charge in [-0.3, -0.25) is 9.69 Å². The average Bonchev–Trinajstić information content (AvgIpc) is 3.14. The van der Waals surface area contributed by atoms with Gasteiger partial charge in [-0.25, -0.2) is 17.2 Å². The molecule has 2 heterocycles. The van der Waals surface area contributed by atoms with Gasteiger partial charge in [0.05, 0.1) is 18.1 Å². The van der Waals surface area contributed by atoms with Crippen molar-refractivity contribution >= 4 is 15.6 Å². The lowest BCUT2D eigenvalue weighted by Gasteiger charge is -2.24. The SMILES string of the molecule is Cc1cc(C(=O)CN(C)C(C)c2ccc(F)c(F)c2)c(C)n1C1CCS(=O)(=O)C1. The van der Waals surface area contributed by atoms with Crippen molar-refractivity contribution in [3.8, 4) is 0 Å². The Hall–Kier alpha value is -2.06. The Labute approximate surface area is 170 Å². The topological polar surface area (TPSA) is 59.4 Å². The molecule has 0 bridgehead atoms. The summed E-state index contributed by atoms with van der Waals surface area (Å²) in [5.74, 6) is -1.64. The predicted octanol–water partition coefficient (Wildman–Crippen LogP) is 3.62.